The molecule has 0 saturated heterocycles. The number of nitrogens with one attached hydrogen (secondary N) is 1. The van der Waals surface area contributed by atoms with Gasteiger partial charge in [0.15, 0.2) is 0 Å². The summed E-state index contributed by atoms with van der Waals surface area (Å²) in [4.78, 5) is 6.72. The zero-order chi connectivity index (χ0) is 13.0. The van der Waals surface area contributed by atoms with Crippen molar-refractivity contribution in [1.29, 1.82) is 0 Å². The van der Waals surface area contributed by atoms with Crippen molar-refractivity contribution in [2.24, 2.45) is 0 Å². The van der Waals surface area contributed by atoms with Gasteiger partial charge in [0.25, 0.3) is 0 Å². The summed E-state index contributed by atoms with van der Waals surface area (Å²) in [7, 11) is 2.23. The molecule has 0 spiro atoms. The van der Waals surface area contributed by atoms with Crippen molar-refractivity contribution < 1.29 is 0 Å². The van der Waals surface area contributed by atoms with Crippen molar-refractivity contribution >= 4 is 5.69 Å². The Kier molecular flexibility index (Phi) is 4.59. The van der Waals surface area contributed by atoms with Crippen molar-refractivity contribution in [2.75, 3.05) is 11.9 Å². The average molecular weight is 247 g/mol. The van der Waals surface area contributed by atoms with Gasteiger partial charge in [0.05, 0.1) is 0 Å². The van der Waals surface area contributed by atoms with E-state index in [1.807, 2.05) is 12.4 Å². The molecule has 100 valence electrons. The molecule has 0 atom stereocenters. The smallest absolute Gasteiger partial charge is 0.0442 e. The zero-order valence-corrected chi connectivity index (χ0v) is 11.8. The van der Waals surface area contributed by atoms with Crippen LogP contribution < -0.4 is 10.2 Å². The Bertz CT molecular complexity index is 370. The number of hydrogen-bond acceptors (Lipinski definition) is 3. The molecule has 3 heteroatoms. The Morgan fingerprint density at radius 3 is 2.78 bits per heavy atom. The quantitative estimate of drug-likeness (QED) is 0.867. The standard InChI is InChI=1S/C15H25N3/c1-12(2)17-11-13-10-16-9-8-15(13)18(3)14-6-4-5-7-14/h8-10,12,14,17H,4-7,11H2,1-3H3. The molecule has 1 aliphatic rings. The topological polar surface area (TPSA) is 28.2 Å². The van der Waals surface area contributed by atoms with E-state index in [4.69, 9.17) is 0 Å². The van der Waals surface area contributed by atoms with E-state index in [-0.39, 0.29) is 0 Å². The Morgan fingerprint density at radius 1 is 1.39 bits per heavy atom. The van der Waals surface area contributed by atoms with Crippen LogP contribution in [0.2, 0.25) is 0 Å². The van der Waals surface area contributed by atoms with Gasteiger partial charge in [0.2, 0.25) is 0 Å². The molecule has 0 aromatic carbocycles. The van der Waals surface area contributed by atoms with Gasteiger partial charge in [-0.05, 0) is 18.9 Å². The minimum Gasteiger partial charge on any atom is -0.371 e. The highest BCUT2D eigenvalue weighted by Crippen LogP contribution is 2.28. The molecule has 1 fully saturated rings. The summed E-state index contributed by atoms with van der Waals surface area (Å²) < 4.78 is 0. The van der Waals surface area contributed by atoms with Crippen molar-refractivity contribution in [2.45, 2.75) is 58.2 Å². The van der Waals surface area contributed by atoms with E-state index >= 15 is 0 Å². The second kappa shape index (κ2) is 6.19. The van der Waals surface area contributed by atoms with Crippen LogP contribution in [0.1, 0.15) is 45.1 Å². The molecule has 1 saturated carbocycles. The van der Waals surface area contributed by atoms with E-state index in [2.05, 4.69) is 42.2 Å². The van der Waals surface area contributed by atoms with Gasteiger partial charge >= 0.3 is 0 Å². The molecule has 0 amide bonds. The third-order valence-electron chi connectivity index (χ3n) is 3.83. The number of hydrogen-bond donors (Lipinski definition) is 1. The van der Waals surface area contributed by atoms with Crippen LogP contribution in [0.15, 0.2) is 18.5 Å². The minimum absolute atomic E-state index is 0.509. The molecule has 0 bridgehead atoms. The molecular weight excluding hydrogens is 222 g/mol. The third-order valence-corrected chi connectivity index (χ3v) is 3.83. The molecule has 1 heterocycles. The first kappa shape index (κ1) is 13.3. The molecule has 1 aliphatic carbocycles. The molecule has 1 aromatic rings. The Hall–Kier alpha value is -1.09. The van der Waals surface area contributed by atoms with Crippen LogP contribution in [0.4, 0.5) is 5.69 Å². The lowest BCUT2D eigenvalue weighted by Gasteiger charge is -2.28. The highest BCUT2D eigenvalue weighted by Gasteiger charge is 2.21. The maximum absolute atomic E-state index is 4.27. The zero-order valence-electron chi connectivity index (χ0n) is 11.8. The summed E-state index contributed by atoms with van der Waals surface area (Å²) in [6, 6.07) is 3.37. The molecule has 2 rings (SSSR count). The molecule has 0 aliphatic heterocycles. The third kappa shape index (κ3) is 3.22. The summed E-state index contributed by atoms with van der Waals surface area (Å²) in [6.07, 6.45) is 9.31. The lowest BCUT2D eigenvalue weighted by atomic mass is 10.1. The summed E-state index contributed by atoms with van der Waals surface area (Å²) in [5.41, 5.74) is 2.64. The van der Waals surface area contributed by atoms with Crippen molar-refractivity contribution in [3.05, 3.63) is 24.0 Å². The highest BCUT2D eigenvalue weighted by atomic mass is 15.1. The summed E-state index contributed by atoms with van der Waals surface area (Å²) in [5, 5.41) is 3.48. The lowest BCUT2D eigenvalue weighted by molar-refractivity contribution is 0.583. The van der Waals surface area contributed by atoms with Gasteiger partial charge in [-0.25, -0.2) is 0 Å². The molecule has 18 heavy (non-hydrogen) atoms. The summed E-state index contributed by atoms with van der Waals surface area (Å²) in [5.74, 6) is 0. The fraction of sp³-hybridized carbons (Fsp3) is 0.667. The van der Waals surface area contributed by atoms with Gasteiger partial charge in [-0.2, -0.15) is 0 Å². The Labute approximate surface area is 111 Å². The Balaban J connectivity index is 2.10. The van der Waals surface area contributed by atoms with Gasteiger partial charge in [-0.15, -0.1) is 0 Å². The van der Waals surface area contributed by atoms with Crippen LogP contribution >= 0.6 is 0 Å². The van der Waals surface area contributed by atoms with Gasteiger partial charge in [0, 0.05) is 49.3 Å². The van der Waals surface area contributed by atoms with Crippen LogP contribution in [-0.2, 0) is 6.54 Å². The number of aromatic nitrogens is 1. The van der Waals surface area contributed by atoms with Gasteiger partial charge in [0.1, 0.15) is 0 Å². The van der Waals surface area contributed by atoms with E-state index in [0.717, 1.165) is 6.54 Å². The first-order valence-corrected chi connectivity index (χ1v) is 7.07. The maximum Gasteiger partial charge on any atom is 0.0442 e. The largest absolute Gasteiger partial charge is 0.371 e. The number of rotatable bonds is 5. The molecule has 1 aromatic heterocycles. The SMILES string of the molecule is CC(C)NCc1cnccc1N(C)C1CCCC1. The van der Waals surface area contributed by atoms with Crippen LogP contribution in [0, 0.1) is 0 Å². The minimum atomic E-state index is 0.509. The van der Waals surface area contributed by atoms with Crippen molar-refractivity contribution in [3.8, 4) is 0 Å². The van der Waals surface area contributed by atoms with Crippen LogP contribution in [0.5, 0.6) is 0 Å². The Morgan fingerprint density at radius 2 is 2.11 bits per heavy atom. The van der Waals surface area contributed by atoms with Crippen LogP contribution in [-0.4, -0.2) is 24.1 Å². The highest BCUT2D eigenvalue weighted by molar-refractivity contribution is 5.52. The summed E-state index contributed by atoms with van der Waals surface area (Å²) >= 11 is 0. The van der Waals surface area contributed by atoms with Crippen molar-refractivity contribution in [3.63, 3.8) is 0 Å². The summed E-state index contributed by atoms with van der Waals surface area (Å²) in [6.45, 7) is 5.26. The van der Waals surface area contributed by atoms with Crippen LogP contribution in [0.25, 0.3) is 0 Å². The first-order valence-electron chi connectivity index (χ1n) is 7.07. The van der Waals surface area contributed by atoms with E-state index in [9.17, 15) is 0 Å². The monoisotopic (exact) mass is 247 g/mol. The number of nitrogens with zero attached hydrogens (tertiary/aromatic N) is 2. The van der Waals surface area contributed by atoms with Crippen LogP contribution in [0.3, 0.4) is 0 Å². The van der Waals surface area contributed by atoms with Crippen molar-refractivity contribution in [1.82, 2.24) is 10.3 Å². The van der Waals surface area contributed by atoms with E-state index < -0.39 is 0 Å². The lowest BCUT2D eigenvalue weighted by Crippen LogP contribution is -2.31. The average Bonchev–Trinajstić information content (AvgIpc) is 2.89. The fourth-order valence-corrected chi connectivity index (χ4v) is 2.70. The van der Waals surface area contributed by atoms with E-state index in [1.54, 1.807) is 0 Å². The van der Waals surface area contributed by atoms with Gasteiger partial charge < -0.3 is 10.2 Å². The molecular formula is C15H25N3. The first-order chi connectivity index (χ1) is 8.68. The molecule has 0 unspecified atom stereocenters. The number of pyridine rings is 1. The molecule has 1 N–H and O–H groups in total. The van der Waals surface area contributed by atoms with Gasteiger partial charge in [-0.3, -0.25) is 4.98 Å². The maximum atomic E-state index is 4.27. The van der Waals surface area contributed by atoms with E-state index in [0.29, 0.717) is 12.1 Å². The predicted octanol–water partition coefficient (Wildman–Crippen LogP) is 2.96. The second-order valence-electron chi connectivity index (χ2n) is 5.59. The van der Waals surface area contributed by atoms with Gasteiger partial charge in [-0.1, -0.05) is 26.7 Å². The molecule has 0 radical (unpaired) electrons. The predicted molar refractivity (Wildman–Crippen MR) is 76.9 cm³/mol. The van der Waals surface area contributed by atoms with E-state index in [1.165, 1.54) is 36.9 Å². The normalized spacial score (nSPS) is 16.4. The molecule has 3 nitrogen and oxygen atoms in total. The number of anilines is 1. The fourth-order valence-electron chi connectivity index (χ4n) is 2.70. The second-order valence-corrected chi connectivity index (χ2v) is 5.59.